The molecule has 0 saturated heterocycles. The third-order valence-electron chi connectivity index (χ3n) is 14.6. The Labute approximate surface area is 488 Å². The van der Waals surface area contributed by atoms with Crippen molar-refractivity contribution in [2.24, 2.45) is 5.73 Å². The molecule has 4 aromatic heterocycles. The van der Waals surface area contributed by atoms with Crippen LogP contribution in [0, 0.1) is 0 Å². The van der Waals surface area contributed by atoms with E-state index in [9.17, 15) is 4.79 Å². The molecule has 4 atom stereocenters. The van der Waals surface area contributed by atoms with E-state index in [2.05, 4.69) is 160 Å². The van der Waals surface area contributed by atoms with Gasteiger partial charge in [-0.15, -0.1) is 0 Å². The number of ether oxygens (including phenoxy) is 1. The third-order valence-corrected chi connectivity index (χ3v) is 14.6. The van der Waals surface area contributed by atoms with Crippen molar-refractivity contribution < 1.29 is 26.4 Å². The molecule has 2 aliphatic carbocycles. The molecule has 5 N–H and O–H groups in total. The molecule has 428 valence electrons. The second-order valence-corrected chi connectivity index (χ2v) is 20.8. The van der Waals surface area contributed by atoms with Crippen LogP contribution in [-0.4, -0.2) is 75.2 Å². The number of anilines is 2. The molecule has 0 aliphatic heterocycles. The Kier molecular flexibility index (Phi) is 22.8. The maximum Gasteiger partial charge on any atom is 0.407 e. The van der Waals surface area contributed by atoms with Crippen LogP contribution in [-0.2, 0) is 40.9 Å². The smallest absolute Gasteiger partial charge is 0.407 e. The lowest BCUT2D eigenvalue weighted by molar-refractivity contribution is 0.120. The van der Waals surface area contributed by atoms with Gasteiger partial charge in [0.15, 0.2) is 0 Å². The van der Waals surface area contributed by atoms with Gasteiger partial charge >= 0.3 is 29.2 Å². The molecular weight excluding hydrogens is 1070 g/mol. The van der Waals surface area contributed by atoms with E-state index in [4.69, 9.17) is 37.3 Å². The fourth-order valence-corrected chi connectivity index (χ4v) is 10.9. The molecule has 2 fully saturated rings. The number of para-hydroxylation sites is 4. The zero-order valence-corrected chi connectivity index (χ0v) is 46.8. The number of alkyl carbamates (subject to hydrolysis) is 1. The molecule has 2 saturated carbocycles. The van der Waals surface area contributed by atoms with Gasteiger partial charge in [0.2, 0.25) is 11.9 Å². The summed E-state index contributed by atoms with van der Waals surface area (Å²) in [5.74, 6) is 1.25. The Bertz CT molecular complexity index is 3590. The fourth-order valence-electron chi connectivity index (χ4n) is 10.9. The van der Waals surface area contributed by atoms with Crippen LogP contribution in [0.15, 0.2) is 171 Å². The van der Waals surface area contributed by atoms with Crippen LogP contribution in [0.1, 0.15) is 104 Å². The lowest BCUT2D eigenvalue weighted by atomic mass is 9.80. The summed E-state index contributed by atoms with van der Waals surface area (Å²) in [6.07, 6.45) is 18.2. The average molecular weight is 1140 g/mol. The number of nitrogens with one attached hydrogen (secondary N) is 3. The van der Waals surface area contributed by atoms with E-state index in [-0.39, 0.29) is 33.0 Å². The van der Waals surface area contributed by atoms with Gasteiger partial charge in [-0.25, -0.2) is 24.7 Å². The van der Waals surface area contributed by atoms with Gasteiger partial charge in [0, 0.05) is 86.8 Å². The van der Waals surface area contributed by atoms with Gasteiger partial charge in [-0.3, -0.25) is 0 Å². The predicted molar refractivity (Wildman–Crippen MR) is 332 cm³/mol. The van der Waals surface area contributed by atoms with Gasteiger partial charge < -0.3 is 35.6 Å². The number of aryl methyl sites for hydroxylation is 1. The van der Waals surface area contributed by atoms with Crippen LogP contribution in [0.5, 0.6) is 0 Å². The van der Waals surface area contributed by atoms with Gasteiger partial charge in [0.1, 0.15) is 6.61 Å². The average Bonchev–Trinajstić information content (AvgIpc) is 4.16. The monoisotopic (exact) mass is 1140 g/mol. The number of hydrogen-bond acceptors (Lipinski definition) is 13. The standard InChI is InChI=1S/C35H35N5O2.C27H31N5.2CH4.2O2S/c1-3-26-22-36-33(37-27-15-12-20-35(2,21-27)39-34(41)42-24-25-13-6-4-7-14-25)38-32(26)30-23-40(28-16-8-5-9-17-28)31-19-11-10-18-29(30)31;1-3-19-17-29-26(30-20-10-9-15-27(2,28)16-20)31-25(19)23-18-32(21-11-5-4-6-12-21)24-14-8-7-13-22(23)24;;;2*1-3-2/h3-11,13-14,16-19,22-23,27H,1,12,15,20-21,24H2,2H3,(H,39,41)(H,36,37,38);4-8,11-14,17-18,20H,3,9-10,15-16,28H2,1-2H3,(H,29,30,31);2*1H4;;/t27-,35+;20-,27+;;;;/m11..../s1. The molecule has 0 unspecified atom stereocenters. The number of carbonyl (C=O) groups is 1. The summed E-state index contributed by atoms with van der Waals surface area (Å²) in [6.45, 7) is 10.7. The molecule has 2 aliphatic rings. The molecule has 82 heavy (non-hydrogen) atoms. The van der Waals surface area contributed by atoms with E-state index in [0.29, 0.717) is 17.9 Å². The first kappa shape index (κ1) is 62.7. The number of nitrogens with zero attached hydrogens (tertiary/aromatic N) is 6. The van der Waals surface area contributed by atoms with Crippen LogP contribution in [0.25, 0.3) is 61.8 Å². The summed E-state index contributed by atoms with van der Waals surface area (Å²) in [7, 11) is 0. The van der Waals surface area contributed by atoms with Crippen molar-refractivity contribution in [3.8, 4) is 33.9 Å². The molecule has 1 amide bonds. The predicted octanol–water partition coefficient (Wildman–Crippen LogP) is 13.4. The molecular formula is C64H74N10O6S2. The Morgan fingerprint density at radius 3 is 1.66 bits per heavy atom. The Hall–Kier alpha value is -8.45. The van der Waals surface area contributed by atoms with Crippen molar-refractivity contribution in [3.63, 3.8) is 0 Å². The third kappa shape index (κ3) is 15.9. The highest BCUT2D eigenvalue weighted by molar-refractivity contribution is 7.52. The normalized spacial score (nSPS) is 17.9. The Balaban J connectivity index is 0.000000242. The fraction of sp³-hybridized carbons (Fsp3) is 0.297. The summed E-state index contributed by atoms with van der Waals surface area (Å²) < 4.78 is 43.1. The number of benzene rings is 5. The second kappa shape index (κ2) is 29.8. The summed E-state index contributed by atoms with van der Waals surface area (Å²) in [5, 5.41) is 12.6. The first-order chi connectivity index (χ1) is 38.9. The first-order valence-corrected chi connectivity index (χ1v) is 28.0. The summed E-state index contributed by atoms with van der Waals surface area (Å²) >= 11 is -1.50. The number of hydrogen-bond donors (Lipinski definition) is 4. The molecule has 11 rings (SSSR count). The number of amides is 1. The summed E-state index contributed by atoms with van der Waals surface area (Å²) in [6, 6.07) is 47.8. The van der Waals surface area contributed by atoms with Crippen molar-refractivity contribution >= 4 is 69.0 Å². The van der Waals surface area contributed by atoms with Crippen LogP contribution in [0.2, 0.25) is 0 Å². The first-order valence-electron chi connectivity index (χ1n) is 26.7. The number of nitrogens with two attached hydrogens (primary N) is 1. The summed E-state index contributed by atoms with van der Waals surface area (Å²) in [5.41, 5.74) is 17.4. The molecule has 16 nitrogen and oxygen atoms in total. The highest BCUT2D eigenvalue weighted by atomic mass is 32.1. The highest BCUT2D eigenvalue weighted by Gasteiger charge is 2.35. The van der Waals surface area contributed by atoms with Crippen LogP contribution in [0.3, 0.4) is 0 Å². The molecule has 0 spiro atoms. The molecule has 4 heterocycles. The van der Waals surface area contributed by atoms with Crippen LogP contribution in [0.4, 0.5) is 16.7 Å². The van der Waals surface area contributed by atoms with Crippen molar-refractivity contribution in [1.29, 1.82) is 0 Å². The number of carbonyl (C=O) groups excluding carboxylic acids is 1. The highest BCUT2D eigenvalue weighted by Crippen LogP contribution is 2.37. The minimum Gasteiger partial charge on any atom is -0.445 e. The van der Waals surface area contributed by atoms with Gasteiger partial charge in [-0.1, -0.05) is 138 Å². The maximum absolute atomic E-state index is 12.6. The molecule has 18 heteroatoms. The SMILES string of the molecule is C.C.C=Cc1cnc(N[C@@H]2CCC[C@](C)(NC(=O)OCc3ccccc3)C2)nc1-c1cn(-c2ccccc2)c2ccccc12.CCc1cnc(N[C@@H]2CCC[C@](C)(N)C2)nc1-c1cn(-c2ccccc2)c2ccccc12.O=S=O.O=S=O. The quantitative estimate of drug-likeness (QED) is 0.0846. The van der Waals surface area contributed by atoms with E-state index in [1.54, 1.807) is 6.08 Å². The van der Waals surface area contributed by atoms with Crippen LogP contribution < -0.4 is 21.7 Å². The zero-order valence-electron chi connectivity index (χ0n) is 45.1. The summed E-state index contributed by atoms with van der Waals surface area (Å²) in [4.78, 5) is 32.0. The van der Waals surface area contributed by atoms with Gasteiger partial charge in [0.05, 0.1) is 22.4 Å². The van der Waals surface area contributed by atoms with E-state index in [1.165, 1.54) is 10.9 Å². The Morgan fingerprint density at radius 2 is 1.13 bits per heavy atom. The number of rotatable bonds is 13. The van der Waals surface area contributed by atoms with Crippen molar-refractivity contribution in [3.05, 3.63) is 188 Å². The maximum atomic E-state index is 12.6. The molecule has 0 bridgehead atoms. The van der Waals surface area contributed by atoms with Gasteiger partial charge in [-0.2, -0.15) is 16.8 Å². The van der Waals surface area contributed by atoms with E-state index >= 15 is 0 Å². The second-order valence-electron chi connectivity index (χ2n) is 20.6. The van der Waals surface area contributed by atoms with E-state index < -0.39 is 34.8 Å². The number of aromatic nitrogens is 6. The molecule has 0 radical (unpaired) electrons. The zero-order chi connectivity index (χ0) is 56.5. The minimum absolute atomic E-state index is 0. The number of fused-ring (bicyclic) bond motifs is 2. The van der Waals surface area contributed by atoms with Crippen molar-refractivity contribution in [2.45, 2.75) is 123 Å². The lowest BCUT2D eigenvalue weighted by Crippen LogP contribution is -2.51. The van der Waals surface area contributed by atoms with Crippen LogP contribution >= 0.6 is 0 Å². The van der Waals surface area contributed by atoms with Crippen molar-refractivity contribution in [2.75, 3.05) is 10.6 Å². The van der Waals surface area contributed by atoms with Gasteiger partial charge in [0.25, 0.3) is 0 Å². The molecule has 5 aromatic carbocycles. The molecule has 9 aromatic rings. The van der Waals surface area contributed by atoms with E-state index in [0.717, 1.165) is 119 Å². The largest absolute Gasteiger partial charge is 0.445 e. The lowest BCUT2D eigenvalue weighted by Gasteiger charge is -2.38. The van der Waals surface area contributed by atoms with E-state index in [1.807, 2.05) is 67.0 Å². The van der Waals surface area contributed by atoms with Crippen molar-refractivity contribution in [1.82, 2.24) is 34.4 Å². The Morgan fingerprint density at radius 1 is 0.671 bits per heavy atom. The minimum atomic E-state index is -0.750. The van der Waals surface area contributed by atoms with Gasteiger partial charge in [-0.05, 0) is 119 Å². The topological polar surface area (TPSA) is 218 Å².